The smallest absolute Gasteiger partial charge is 0.0157 e. The van der Waals surface area contributed by atoms with Crippen LogP contribution in [-0.2, 0) is 0 Å². The minimum Gasteiger partial charge on any atom is -0.316 e. The molecule has 0 saturated heterocycles. The quantitative estimate of drug-likeness (QED) is 0.688. The Bertz CT molecular complexity index is 178. The van der Waals surface area contributed by atoms with E-state index in [2.05, 4.69) is 38.0 Å². The highest BCUT2D eigenvalue weighted by Gasteiger charge is 2.17. The van der Waals surface area contributed by atoms with E-state index in [1.807, 2.05) is 0 Å². The molecule has 2 heteroatoms. The number of hydrogen-bond donors (Lipinski definition) is 1. The summed E-state index contributed by atoms with van der Waals surface area (Å²) >= 11 is 2.23. The van der Waals surface area contributed by atoms with E-state index in [-0.39, 0.29) is 0 Å². The third-order valence-corrected chi connectivity index (χ3v) is 5.50. The molecule has 1 N–H and O–H groups in total. The van der Waals surface area contributed by atoms with Crippen LogP contribution < -0.4 is 5.32 Å². The lowest BCUT2D eigenvalue weighted by Gasteiger charge is -2.25. The van der Waals surface area contributed by atoms with Gasteiger partial charge in [-0.25, -0.2) is 0 Å². The summed E-state index contributed by atoms with van der Waals surface area (Å²) in [6.07, 6.45) is 11.4. The third-order valence-electron chi connectivity index (χ3n) is 3.96. The van der Waals surface area contributed by atoms with Crippen molar-refractivity contribution in [3.8, 4) is 0 Å². The molecule has 0 radical (unpaired) electrons. The van der Waals surface area contributed by atoms with Gasteiger partial charge in [-0.15, -0.1) is 0 Å². The number of rotatable bonds is 8. The fraction of sp³-hybridized carbons (Fsp3) is 1.00. The van der Waals surface area contributed by atoms with Crippen molar-refractivity contribution in [1.82, 2.24) is 5.32 Å². The van der Waals surface area contributed by atoms with E-state index in [4.69, 9.17) is 0 Å². The van der Waals surface area contributed by atoms with Crippen molar-refractivity contribution in [1.29, 1.82) is 0 Å². The summed E-state index contributed by atoms with van der Waals surface area (Å²) in [6, 6.07) is 0.725. The summed E-state index contributed by atoms with van der Waals surface area (Å²) in [5.41, 5.74) is 0. The highest BCUT2D eigenvalue weighted by Crippen LogP contribution is 2.29. The van der Waals surface area contributed by atoms with Crippen LogP contribution in [0.3, 0.4) is 0 Å². The molecular weight excluding hydrogens is 226 g/mol. The lowest BCUT2D eigenvalue weighted by molar-refractivity contribution is 0.419. The lowest BCUT2D eigenvalue weighted by atomic mass is 9.98. The van der Waals surface area contributed by atoms with Gasteiger partial charge in [0.2, 0.25) is 0 Å². The van der Waals surface area contributed by atoms with Crippen LogP contribution in [-0.4, -0.2) is 24.1 Å². The molecule has 0 amide bonds. The Morgan fingerprint density at radius 2 is 1.94 bits per heavy atom. The Kier molecular flexibility index (Phi) is 8.38. The van der Waals surface area contributed by atoms with Crippen molar-refractivity contribution >= 4 is 11.8 Å². The van der Waals surface area contributed by atoms with Gasteiger partial charge in [0.25, 0.3) is 0 Å². The van der Waals surface area contributed by atoms with Gasteiger partial charge < -0.3 is 5.32 Å². The fourth-order valence-corrected chi connectivity index (χ4v) is 4.32. The molecule has 17 heavy (non-hydrogen) atoms. The van der Waals surface area contributed by atoms with E-state index >= 15 is 0 Å². The molecule has 0 bridgehead atoms. The molecule has 0 heterocycles. The molecule has 0 spiro atoms. The molecule has 2 atom stereocenters. The zero-order chi connectivity index (χ0) is 12.5. The molecule has 102 valence electrons. The molecule has 1 rings (SSSR count). The van der Waals surface area contributed by atoms with E-state index in [9.17, 15) is 0 Å². The predicted octanol–water partition coefficient (Wildman–Crippen LogP) is 4.47. The van der Waals surface area contributed by atoms with Crippen LogP contribution >= 0.6 is 11.8 Å². The molecule has 0 aliphatic heterocycles. The summed E-state index contributed by atoms with van der Waals surface area (Å²) in [5, 5.41) is 4.47. The van der Waals surface area contributed by atoms with Crippen molar-refractivity contribution < 1.29 is 0 Å². The van der Waals surface area contributed by atoms with Crippen LogP contribution in [0.4, 0.5) is 0 Å². The minimum absolute atomic E-state index is 0.725. The average molecular weight is 257 g/mol. The van der Waals surface area contributed by atoms with Gasteiger partial charge in [-0.3, -0.25) is 0 Å². The Balaban J connectivity index is 2.16. The fourth-order valence-electron chi connectivity index (χ4n) is 2.85. The van der Waals surface area contributed by atoms with Crippen LogP contribution in [0.5, 0.6) is 0 Å². The average Bonchev–Trinajstić information content (AvgIpc) is 2.36. The SMILES string of the molecule is CCCC(C)CC(CSC1CCCCC1)NC. The van der Waals surface area contributed by atoms with Crippen LogP contribution in [0.25, 0.3) is 0 Å². The van der Waals surface area contributed by atoms with Crippen LogP contribution in [0.15, 0.2) is 0 Å². The summed E-state index contributed by atoms with van der Waals surface area (Å²) in [5.74, 6) is 2.19. The maximum Gasteiger partial charge on any atom is 0.0157 e. The lowest BCUT2D eigenvalue weighted by Crippen LogP contribution is -2.30. The second-order valence-corrected chi connectivity index (χ2v) is 7.04. The topological polar surface area (TPSA) is 12.0 Å². The van der Waals surface area contributed by atoms with Crippen molar-refractivity contribution in [3.63, 3.8) is 0 Å². The van der Waals surface area contributed by atoms with Crippen LogP contribution in [0.1, 0.15) is 65.2 Å². The number of nitrogens with one attached hydrogen (secondary N) is 1. The molecule has 2 unspecified atom stereocenters. The molecule has 0 aromatic carbocycles. The molecule has 1 aliphatic rings. The number of thioether (sulfide) groups is 1. The summed E-state index contributed by atoms with van der Waals surface area (Å²) in [4.78, 5) is 0. The molecule has 0 aromatic heterocycles. The van der Waals surface area contributed by atoms with E-state index in [1.54, 1.807) is 0 Å². The Morgan fingerprint density at radius 3 is 2.53 bits per heavy atom. The highest BCUT2D eigenvalue weighted by molar-refractivity contribution is 7.99. The van der Waals surface area contributed by atoms with Crippen molar-refractivity contribution in [3.05, 3.63) is 0 Å². The van der Waals surface area contributed by atoms with E-state index in [0.29, 0.717) is 0 Å². The second-order valence-electron chi connectivity index (χ2n) is 5.71. The molecule has 1 nitrogen and oxygen atoms in total. The van der Waals surface area contributed by atoms with Crippen molar-refractivity contribution in [2.45, 2.75) is 76.5 Å². The monoisotopic (exact) mass is 257 g/mol. The zero-order valence-electron chi connectivity index (χ0n) is 12.0. The highest BCUT2D eigenvalue weighted by atomic mass is 32.2. The van der Waals surface area contributed by atoms with Gasteiger partial charge in [-0.1, -0.05) is 46.0 Å². The zero-order valence-corrected chi connectivity index (χ0v) is 12.8. The Labute approximate surface area is 113 Å². The van der Waals surface area contributed by atoms with Crippen molar-refractivity contribution in [2.24, 2.45) is 5.92 Å². The van der Waals surface area contributed by atoms with Gasteiger partial charge in [0, 0.05) is 17.0 Å². The minimum atomic E-state index is 0.725. The number of hydrogen-bond acceptors (Lipinski definition) is 2. The van der Waals surface area contributed by atoms with E-state index in [1.165, 1.54) is 57.1 Å². The van der Waals surface area contributed by atoms with E-state index < -0.39 is 0 Å². The van der Waals surface area contributed by atoms with Crippen LogP contribution in [0.2, 0.25) is 0 Å². The van der Waals surface area contributed by atoms with Gasteiger partial charge >= 0.3 is 0 Å². The first kappa shape index (κ1) is 15.4. The Morgan fingerprint density at radius 1 is 1.24 bits per heavy atom. The second kappa shape index (κ2) is 9.27. The van der Waals surface area contributed by atoms with Gasteiger partial charge in [0.1, 0.15) is 0 Å². The standard InChI is InChI=1S/C15H31NS/c1-4-8-13(2)11-14(16-3)12-17-15-9-6-5-7-10-15/h13-16H,4-12H2,1-3H3. The maximum absolute atomic E-state index is 3.51. The molecule has 1 aliphatic carbocycles. The Hall–Kier alpha value is 0.310. The predicted molar refractivity (Wildman–Crippen MR) is 80.9 cm³/mol. The first-order valence-electron chi connectivity index (χ1n) is 7.55. The summed E-state index contributed by atoms with van der Waals surface area (Å²) < 4.78 is 0. The summed E-state index contributed by atoms with van der Waals surface area (Å²) in [6.45, 7) is 4.70. The largest absolute Gasteiger partial charge is 0.316 e. The van der Waals surface area contributed by atoms with Gasteiger partial charge in [-0.05, 0) is 32.2 Å². The van der Waals surface area contributed by atoms with Crippen LogP contribution in [0, 0.1) is 5.92 Å². The molecular formula is C15H31NS. The molecule has 1 fully saturated rings. The molecule has 0 aromatic rings. The first-order chi connectivity index (χ1) is 8.26. The first-order valence-corrected chi connectivity index (χ1v) is 8.60. The summed E-state index contributed by atoms with van der Waals surface area (Å²) in [7, 11) is 2.13. The third kappa shape index (κ3) is 6.71. The molecule has 1 saturated carbocycles. The van der Waals surface area contributed by atoms with E-state index in [0.717, 1.165) is 17.2 Å². The van der Waals surface area contributed by atoms with Gasteiger partial charge in [-0.2, -0.15) is 11.8 Å². The normalized spacial score (nSPS) is 21.4. The van der Waals surface area contributed by atoms with Gasteiger partial charge in [0.15, 0.2) is 0 Å². The van der Waals surface area contributed by atoms with Gasteiger partial charge in [0.05, 0.1) is 0 Å². The maximum atomic E-state index is 3.51. The van der Waals surface area contributed by atoms with Crippen molar-refractivity contribution in [2.75, 3.05) is 12.8 Å².